The lowest BCUT2D eigenvalue weighted by Gasteiger charge is -2.32. The van der Waals surface area contributed by atoms with Crippen LogP contribution in [0.3, 0.4) is 0 Å². The molecule has 1 atom stereocenters. The quantitative estimate of drug-likeness (QED) is 0.490. The first-order valence-corrected chi connectivity index (χ1v) is 10.8. The first-order valence-electron chi connectivity index (χ1n) is 10.8. The van der Waals surface area contributed by atoms with Crippen LogP contribution in [-0.2, 0) is 17.8 Å². The maximum atomic E-state index is 13.8. The first-order chi connectivity index (χ1) is 15.7. The Bertz CT molecular complexity index is 1210. The molecular formula is C24H25FN6O. The molecule has 1 saturated heterocycles. The van der Waals surface area contributed by atoms with Gasteiger partial charge >= 0.3 is 0 Å². The number of aryl methyl sites for hydroxylation is 1. The standard InChI is InChI=1S/C24H25FN6O/c1-2-31-15-17(19-7-6-18(25)12-21(19)31)14-30-10-11-32-22(16-30)20-4-3-5-23(28-20)29-24-13-26-8-9-27-24/h3-9,12-13,15,22H,2,10-11,14,16H2,1H3,(H,27,28,29). The van der Waals surface area contributed by atoms with Crippen LogP contribution < -0.4 is 5.32 Å². The maximum Gasteiger partial charge on any atom is 0.150 e. The number of aromatic nitrogens is 4. The van der Waals surface area contributed by atoms with E-state index >= 15 is 0 Å². The van der Waals surface area contributed by atoms with Gasteiger partial charge in [-0.05, 0) is 42.8 Å². The molecule has 1 unspecified atom stereocenters. The lowest BCUT2D eigenvalue weighted by molar-refractivity contribution is -0.0348. The average Bonchev–Trinajstić information content (AvgIpc) is 3.16. The predicted molar refractivity (Wildman–Crippen MR) is 121 cm³/mol. The summed E-state index contributed by atoms with van der Waals surface area (Å²) >= 11 is 0. The number of benzene rings is 1. The van der Waals surface area contributed by atoms with Crippen LogP contribution >= 0.6 is 0 Å². The summed E-state index contributed by atoms with van der Waals surface area (Å²) in [6, 6.07) is 10.9. The highest BCUT2D eigenvalue weighted by Gasteiger charge is 2.24. The van der Waals surface area contributed by atoms with Gasteiger partial charge in [-0.3, -0.25) is 9.88 Å². The van der Waals surface area contributed by atoms with E-state index in [1.54, 1.807) is 24.7 Å². The molecule has 32 heavy (non-hydrogen) atoms. The molecule has 4 heterocycles. The normalized spacial score (nSPS) is 17.0. The second-order valence-electron chi connectivity index (χ2n) is 7.86. The average molecular weight is 433 g/mol. The molecule has 5 rings (SSSR count). The molecule has 1 aliphatic rings. The van der Waals surface area contributed by atoms with Crippen molar-refractivity contribution in [1.29, 1.82) is 0 Å². The van der Waals surface area contributed by atoms with Gasteiger partial charge in [0.1, 0.15) is 23.6 Å². The molecule has 0 spiro atoms. The summed E-state index contributed by atoms with van der Waals surface area (Å²) in [5.74, 6) is 1.15. The van der Waals surface area contributed by atoms with E-state index in [0.717, 1.165) is 42.8 Å². The van der Waals surface area contributed by atoms with Crippen molar-refractivity contribution in [2.24, 2.45) is 0 Å². The van der Waals surface area contributed by atoms with Gasteiger partial charge in [-0.15, -0.1) is 0 Å². The number of halogens is 1. The molecule has 1 aromatic carbocycles. The van der Waals surface area contributed by atoms with Crippen molar-refractivity contribution in [2.45, 2.75) is 26.1 Å². The van der Waals surface area contributed by atoms with Crippen LogP contribution in [0.25, 0.3) is 10.9 Å². The minimum atomic E-state index is -0.204. The topological polar surface area (TPSA) is 68.1 Å². The lowest BCUT2D eigenvalue weighted by atomic mass is 10.1. The van der Waals surface area contributed by atoms with Gasteiger partial charge in [-0.25, -0.2) is 14.4 Å². The highest BCUT2D eigenvalue weighted by Crippen LogP contribution is 2.27. The molecule has 164 valence electrons. The fourth-order valence-corrected chi connectivity index (χ4v) is 4.19. The third-order valence-corrected chi connectivity index (χ3v) is 5.73. The van der Waals surface area contributed by atoms with Gasteiger partial charge in [0.05, 0.1) is 24.0 Å². The van der Waals surface area contributed by atoms with Crippen molar-refractivity contribution in [3.63, 3.8) is 0 Å². The van der Waals surface area contributed by atoms with Crippen LogP contribution in [0.15, 0.2) is 61.2 Å². The summed E-state index contributed by atoms with van der Waals surface area (Å²) in [5, 5.41) is 4.28. The minimum absolute atomic E-state index is 0.121. The van der Waals surface area contributed by atoms with Crippen LogP contribution in [-0.4, -0.2) is 44.1 Å². The molecule has 0 aliphatic carbocycles. The van der Waals surface area contributed by atoms with E-state index in [0.29, 0.717) is 18.2 Å². The Hall–Kier alpha value is -3.36. The molecular weight excluding hydrogens is 407 g/mol. The largest absolute Gasteiger partial charge is 0.369 e. The number of pyridine rings is 1. The van der Waals surface area contributed by atoms with Crippen molar-refractivity contribution < 1.29 is 9.13 Å². The van der Waals surface area contributed by atoms with Gasteiger partial charge in [0, 0.05) is 50.2 Å². The Kier molecular flexibility index (Phi) is 5.79. The first kappa shape index (κ1) is 20.5. The molecule has 0 amide bonds. The zero-order chi connectivity index (χ0) is 21.9. The third-order valence-electron chi connectivity index (χ3n) is 5.73. The van der Waals surface area contributed by atoms with Crippen LogP contribution in [0.2, 0.25) is 0 Å². The molecule has 4 aromatic rings. The SMILES string of the molecule is CCn1cc(CN2CCOC(c3cccc(Nc4cnccn4)n3)C2)c2ccc(F)cc21. The summed E-state index contributed by atoms with van der Waals surface area (Å²) in [6.45, 7) is 5.88. The molecule has 1 fully saturated rings. The fourth-order valence-electron chi connectivity index (χ4n) is 4.19. The summed E-state index contributed by atoms with van der Waals surface area (Å²) < 4.78 is 21.9. The number of ether oxygens (including phenoxy) is 1. The number of hydrogen-bond acceptors (Lipinski definition) is 6. The highest BCUT2D eigenvalue weighted by atomic mass is 19.1. The van der Waals surface area contributed by atoms with Gasteiger partial charge in [-0.2, -0.15) is 0 Å². The minimum Gasteiger partial charge on any atom is -0.369 e. The van der Waals surface area contributed by atoms with Gasteiger partial charge in [0.15, 0.2) is 0 Å². The van der Waals surface area contributed by atoms with Crippen LogP contribution in [0.4, 0.5) is 16.0 Å². The molecule has 8 heteroatoms. The molecule has 0 bridgehead atoms. The van der Waals surface area contributed by atoms with Gasteiger partial charge < -0.3 is 14.6 Å². The monoisotopic (exact) mass is 432 g/mol. The van der Waals surface area contributed by atoms with Crippen LogP contribution in [0.5, 0.6) is 0 Å². The second kappa shape index (κ2) is 9.02. The number of rotatable bonds is 6. The summed E-state index contributed by atoms with van der Waals surface area (Å²) in [7, 11) is 0. The molecule has 0 radical (unpaired) electrons. The molecule has 0 saturated carbocycles. The molecule has 3 aromatic heterocycles. The fraction of sp³-hybridized carbons (Fsp3) is 0.292. The molecule has 1 aliphatic heterocycles. The Labute approximate surface area is 185 Å². The van der Waals surface area contributed by atoms with E-state index in [1.165, 1.54) is 11.6 Å². The van der Waals surface area contributed by atoms with E-state index in [-0.39, 0.29) is 11.9 Å². The zero-order valence-corrected chi connectivity index (χ0v) is 17.9. The zero-order valence-electron chi connectivity index (χ0n) is 17.9. The van der Waals surface area contributed by atoms with E-state index in [1.807, 2.05) is 24.3 Å². The molecule has 7 nitrogen and oxygen atoms in total. The number of fused-ring (bicyclic) bond motifs is 1. The number of hydrogen-bond donors (Lipinski definition) is 1. The van der Waals surface area contributed by atoms with Crippen LogP contribution in [0, 0.1) is 5.82 Å². The smallest absolute Gasteiger partial charge is 0.150 e. The Morgan fingerprint density at radius 3 is 2.97 bits per heavy atom. The predicted octanol–water partition coefficient (Wildman–Crippen LogP) is 4.30. The summed E-state index contributed by atoms with van der Waals surface area (Å²) in [4.78, 5) is 15.4. The maximum absolute atomic E-state index is 13.8. The summed E-state index contributed by atoms with van der Waals surface area (Å²) in [5.41, 5.74) is 3.02. The number of anilines is 2. The van der Waals surface area contributed by atoms with Crippen LogP contribution in [0.1, 0.15) is 24.3 Å². The number of nitrogens with zero attached hydrogens (tertiary/aromatic N) is 5. The summed E-state index contributed by atoms with van der Waals surface area (Å²) in [6.07, 6.45) is 6.94. The molecule has 1 N–H and O–H groups in total. The second-order valence-corrected chi connectivity index (χ2v) is 7.86. The third kappa shape index (κ3) is 4.32. The van der Waals surface area contributed by atoms with Crippen molar-refractivity contribution in [3.8, 4) is 0 Å². The van der Waals surface area contributed by atoms with Crippen molar-refractivity contribution in [3.05, 3.63) is 78.3 Å². The van der Waals surface area contributed by atoms with Gasteiger partial charge in [0.25, 0.3) is 0 Å². The Morgan fingerprint density at radius 1 is 1.19 bits per heavy atom. The van der Waals surface area contributed by atoms with Gasteiger partial charge in [-0.1, -0.05) is 6.07 Å². The number of morpholine rings is 1. The van der Waals surface area contributed by atoms with Crippen molar-refractivity contribution in [2.75, 3.05) is 25.0 Å². The van der Waals surface area contributed by atoms with Gasteiger partial charge in [0.2, 0.25) is 0 Å². The Balaban J connectivity index is 1.32. The van der Waals surface area contributed by atoms with Crippen molar-refractivity contribution >= 4 is 22.5 Å². The van der Waals surface area contributed by atoms with E-state index in [9.17, 15) is 4.39 Å². The van der Waals surface area contributed by atoms with E-state index < -0.39 is 0 Å². The number of nitrogens with one attached hydrogen (secondary N) is 1. The Morgan fingerprint density at radius 2 is 2.12 bits per heavy atom. The lowest BCUT2D eigenvalue weighted by Crippen LogP contribution is -2.38. The van der Waals surface area contributed by atoms with E-state index in [4.69, 9.17) is 9.72 Å². The highest BCUT2D eigenvalue weighted by molar-refractivity contribution is 5.84. The van der Waals surface area contributed by atoms with E-state index in [2.05, 4.69) is 37.9 Å². The van der Waals surface area contributed by atoms with Crippen molar-refractivity contribution in [1.82, 2.24) is 24.4 Å².